The highest BCUT2D eigenvalue weighted by Gasteiger charge is 1.93. The van der Waals surface area contributed by atoms with Crippen molar-refractivity contribution in [3.63, 3.8) is 0 Å². The second-order valence-electron chi connectivity index (χ2n) is 3.56. The SMILES string of the molecule is CC#N.CC(=O)OC(C)=O.Cn1ccnc1.c1ccncc1. The van der Waals surface area contributed by atoms with Crippen LogP contribution in [0.2, 0.25) is 0 Å². The van der Waals surface area contributed by atoms with Crippen molar-refractivity contribution >= 4 is 11.9 Å². The molecule has 0 fully saturated rings. The molecule has 2 rings (SSSR count). The minimum atomic E-state index is -0.562. The Morgan fingerprint density at radius 3 is 1.64 bits per heavy atom. The Labute approximate surface area is 130 Å². The number of aryl methyl sites for hydroxylation is 1. The summed E-state index contributed by atoms with van der Waals surface area (Å²) < 4.78 is 5.86. The van der Waals surface area contributed by atoms with E-state index in [4.69, 9.17) is 5.26 Å². The van der Waals surface area contributed by atoms with Crippen molar-refractivity contribution in [2.75, 3.05) is 0 Å². The summed E-state index contributed by atoms with van der Waals surface area (Å²) in [7, 11) is 1.94. The summed E-state index contributed by atoms with van der Waals surface area (Å²) in [6, 6.07) is 7.47. The summed E-state index contributed by atoms with van der Waals surface area (Å²) in [4.78, 5) is 27.2. The third-order valence-electron chi connectivity index (χ3n) is 1.49. The van der Waals surface area contributed by atoms with Crippen molar-refractivity contribution in [2.45, 2.75) is 20.8 Å². The van der Waals surface area contributed by atoms with Gasteiger partial charge in [0.05, 0.1) is 12.4 Å². The van der Waals surface area contributed by atoms with E-state index in [2.05, 4.69) is 14.7 Å². The molecule has 118 valence electrons. The third-order valence-corrected chi connectivity index (χ3v) is 1.49. The molecule has 0 atom stereocenters. The molecule has 0 aromatic carbocycles. The van der Waals surface area contributed by atoms with Gasteiger partial charge in [-0.1, -0.05) is 6.07 Å². The lowest BCUT2D eigenvalue weighted by molar-refractivity contribution is -0.156. The number of carbonyl (C=O) groups is 2. The Kier molecular flexibility index (Phi) is 15.5. The van der Waals surface area contributed by atoms with Gasteiger partial charge >= 0.3 is 11.9 Å². The van der Waals surface area contributed by atoms with Gasteiger partial charge < -0.3 is 9.30 Å². The quantitative estimate of drug-likeness (QED) is 0.546. The third kappa shape index (κ3) is 22.2. The minimum Gasteiger partial charge on any atom is -0.394 e. The van der Waals surface area contributed by atoms with Crippen molar-refractivity contribution in [3.05, 3.63) is 49.3 Å². The van der Waals surface area contributed by atoms with Crippen LogP contribution in [0, 0.1) is 11.3 Å². The normalized spacial score (nSPS) is 7.41. The van der Waals surface area contributed by atoms with E-state index in [1.54, 1.807) is 31.0 Å². The van der Waals surface area contributed by atoms with E-state index in [1.807, 2.05) is 36.0 Å². The Morgan fingerprint density at radius 1 is 1.05 bits per heavy atom. The van der Waals surface area contributed by atoms with Crippen LogP contribution in [0.5, 0.6) is 0 Å². The first kappa shape index (κ1) is 21.3. The van der Waals surface area contributed by atoms with Crippen LogP contribution < -0.4 is 0 Å². The Morgan fingerprint density at radius 2 is 1.55 bits per heavy atom. The standard InChI is InChI=1S/C5H5N.C4H6N2.C4H6O3.C2H3N/c1-2-4-6-5-3-1;1-6-3-2-5-4-6;1-3(5)7-4(2)6;1-2-3/h1-5H;2-4H,1H3;1-2H3;1H3. The van der Waals surface area contributed by atoms with Gasteiger partial charge in [-0.25, -0.2) is 4.98 Å². The first-order valence-electron chi connectivity index (χ1n) is 6.20. The van der Waals surface area contributed by atoms with E-state index in [0.29, 0.717) is 0 Å². The molecule has 7 heteroatoms. The van der Waals surface area contributed by atoms with Gasteiger partial charge in [0.1, 0.15) is 0 Å². The van der Waals surface area contributed by atoms with Crippen LogP contribution in [0.1, 0.15) is 20.8 Å². The number of hydrogen-bond acceptors (Lipinski definition) is 6. The molecule has 0 saturated carbocycles. The van der Waals surface area contributed by atoms with Gasteiger partial charge in [-0.3, -0.25) is 14.6 Å². The summed E-state index contributed by atoms with van der Waals surface area (Å²) in [5.74, 6) is -1.12. The molecule has 0 spiro atoms. The van der Waals surface area contributed by atoms with Gasteiger partial charge in [0.2, 0.25) is 0 Å². The van der Waals surface area contributed by atoms with Crippen molar-refractivity contribution in [3.8, 4) is 6.07 Å². The zero-order valence-corrected chi connectivity index (χ0v) is 13.1. The lowest BCUT2D eigenvalue weighted by Gasteiger charge is -1.87. The Balaban J connectivity index is 0. The number of carbonyl (C=O) groups excluding carboxylic acids is 2. The highest BCUT2D eigenvalue weighted by Crippen LogP contribution is 1.74. The predicted octanol–water partition coefficient (Wildman–Crippen LogP) is 2.13. The van der Waals surface area contributed by atoms with Crippen LogP contribution in [0.3, 0.4) is 0 Å². The van der Waals surface area contributed by atoms with Gasteiger partial charge in [-0.2, -0.15) is 5.26 Å². The van der Waals surface area contributed by atoms with Gasteiger partial charge in [-0.05, 0) is 12.1 Å². The first-order valence-corrected chi connectivity index (χ1v) is 6.20. The van der Waals surface area contributed by atoms with Gasteiger partial charge in [-0.15, -0.1) is 0 Å². The first-order chi connectivity index (χ1) is 10.4. The van der Waals surface area contributed by atoms with E-state index in [9.17, 15) is 9.59 Å². The van der Waals surface area contributed by atoms with E-state index < -0.39 is 11.9 Å². The number of ether oxygens (including phenoxy) is 1. The molecule has 0 saturated heterocycles. The fourth-order valence-corrected chi connectivity index (χ4v) is 0.841. The maximum Gasteiger partial charge on any atom is 0.310 e. The number of rotatable bonds is 0. The zero-order chi connectivity index (χ0) is 17.2. The summed E-state index contributed by atoms with van der Waals surface area (Å²) in [5, 5.41) is 7.32. The number of hydrogen-bond donors (Lipinski definition) is 0. The summed E-state index contributed by atoms with van der Waals surface area (Å²) in [5.41, 5.74) is 0. The van der Waals surface area contributed by atoms with Crippen molar-refractivity contribution < 1.29 is 14.3 Å². The molecule has 0 bridgehead atoms. The lowest BCUT2D eigenvalue weighted by atomic mass is 10.5. The highest BCUT2D eigenvalue weighted by atomic mass is 16.6. The molecule has 7 nitrogen and oxygen atoms in total. The van der Waals surface area contributed by atoms with Crippen molar-refractivity contribution in [1.29, 1.82) is 5.26 Å². The molecule has 0 aliphatic rings. The van der Waals surface area contributed by atoms with Crippen LogP contribution in [-0.2, 0) is 21.4 Å². The summed E-state index contributed by atoms with van der Waals surface area (Å²) in [6.45, 7) is 3.79. The fraction of sp³-hybridized carbons (Fsp3) is 0.267. The summed E-state index contributed by atoms with van der Waals surface area (Å²) in [6.07, 6.45) is 8.89. The Bertz CT molecular complexity index is 495. The average molecular weight is 304 g/mol. The van der Waals surface area contributed by atoms with Crippen LogP contribution in [0.15, 0.2) is 49.3 Å². The monoisotopic (exact) mass is 304 g/mol. The number of esters is 2. The molecule has 2 aromatic heterocycles. The predicted molar refractivity (Wildman–Crippen MR) is 81.2 cm³/mol. The second kappa shape index (κ2) is 16.0. The van der Waals surface area contributed by atoms with Crippen LogP contribution in [-0.4, -0.2) is 26.5 Å². The largest absolute Gasteiger partial charge is 0.394 e. The molecule has 0 aliphatic carbocycles. The van der Waals surface area contributed by atoms with Crippen LogP contribution in [0.4, 0.5) is 0 Å². The molecule has 22 heavy (non-hydrogen) atoms. The number of nitriles is 1. The second-order valence-corrected chi connectivity index (χ2v) is 3.56. The molecular formula is C15H20N4O3. The van der Waals surface area contributed by atoms with Gasteiger partial charge in [0, 0.05) is 52.6 Å². The average Bonchev–Trinajstić information content (AvgIpc) is 2.92. The number of imidazole rings is 1. The molecule has 0 aliphatic heterocycles. The molecule has 2 aromatic rings. The van der Waals surface area contributed by atoms with E-state index in [0.717, 1.165) is 0 Å². The molecule has 0 radical (unpaired) electrons. The van der Waals surface area contributed by atoms with Crippen molar-refractivity contribution in [2.24, 2.45) is 7.05 Å². The van der Waals surface area contributed by atoms with Gasteiger partial charge in [0.15, 0.2) is 0 Å². The molecule has 2 heterocycles. The molecule has 0 amide bonds. The smallest absolute Gasteiger partial charge is 0.310 e. The molecular weight excluding hydrogens is 284 g/mol. The zero-order valence-electron chi connectivity index (χ0n) is 13.1. The molecule has 0 unspecified atom stereocenters. The minimum absolute atomic E-state index is 0.562. The summed E-state index contributed by atoms with van der Waals surface area (Å²) >= 11 is 0. The fourth-order valence-electron chi connectivity index (χ4n) is 0.841. The van der Waals surface area contributed by atoms with Crippen LogP contribution in [0.25, 0.3) is 0 Å². The maximum absolute atomic E-state index is 9.81. The van der Waals surface area contributed by atoms with Crippen molar-refractivity contribution in [1.82, 2.24) is 14.5 Å². The van der Waals surface area contributed by atoms with E-state index >= 15 is 0 Å². The topological polar surface area (TPSA) is 97.9 Å². The highest BCUT2D eigenvalue weighted by molar-refractivity contribution is 5.82. The maximum atomic E-state index is 9.81. The number of aromatic nitrogens is 3. The van der Waals surface area contributed by atoms with Crippen LogP contribution >= 0.6 is 0 Å². The Hall–Kier alpha value is -3.01. The number of pyridine rings is 1. The lowest BCUT2D eigenvalue weighted by Crippen LogP contribution is -2.03. The number of nitrogens with zero attached hydrogens (tertiary/aromatic N) is 4. The van der Waals surface area contributed by atoms with E-state index in [1.165, 1.54) is 20.8 Å². The molecule has 0 N–H and O–H groups in total. The van der Waals surface area contributed by atoms with E-state index in [-0.39, 0.29) is 0 Å². The van der Waals surface area contributed by atoms with Gasteiger partial charge in [0.25, 0.3) is 0 Å².